The number of fused-ring (bicyclic) bond motifs is 1. The fraction of sp³-hybridized carbons (Fsp3) is 0.217. The molecule has 2 aromatic carbocycles. The number of aromatic nitrogens is 1. The van der Waals surface area contributed by atoms with Gasteiger partial charge >= 0.3 is 0 Å². The fourth-order valence-corrected chi connectivity index (χ4v) is 4.22. The summed E-state index contributed by atoms with van der Waals surface area (Å²) in [5, 5.41) is 5.05. The van der Waals surface area contributed by atoms with Gasteiger partial charge in [-0.05, 0) is 36.8 Å². The van der Waals surface area contributed by atoms with Crippen molar-refractivity contribution in [1.82, 2.24) is 9.88 Å². The molecule has 0 unspecified atom stereocenters. The molecule has 164 valence electrons. The Balaban J connectivity index is 1.34. The summed E-state index contributed by atoms with van der Waals surface area (Å²) in [5.41, 5.74) is 2.23. The van der Waals surface area contributed by atoms with Crippen molar-refractivity contribution in [3.63, 3.8) is 0 Å². The van der Waals surface area contributed by atoms with E-state index in [-0.39, 0.29) is 30.7 Å². The molecule has 9 heteroatoms. The molecule has 3 aromatic rings. The first-order valence-electron chi connectivity index (χ1n) is 9.95. The molecule has 0 radical (unpaired) electrons. The largest absolute Gasteiger partial charge is 0.497 e. The maximum absolute atomic E-state index is 12.4. The van der Waals surface area contributed by atoms with Crippen molar-refractivity contribution >= 4 is 34.2 Å². The lowest BCUT2D eigenvalue weighted by Gasteiger charge is -2.13. The Morgan fingerprint density at radius 2 is 1.75 bits per heavy atom. The van der Waals surface area contributed by atoms with E-state index in [1.165, 1.54) is 16.2 Å². The number of amides is 3. The lowest BCUT2D eigenvalue weighted by atomic mass is 10.1. The Kier molecular flexibility index (Phi) is 6.18. The van der Waals surface area contributed by atoms with Crippen LogP contribution in [0.1, 0.15) is 33.6 Å². The van der Waals surface area contributed by atoms with Crippen LogP contribution < -0.4 is 14.8 Å². The van der Waals surface area contributed by atoms with Gasteiger partial charge in [-0.1, -0.05) is 12.1 Å². The molecule has 0 spiro atoms. The van der Waals surface area contributed by atoms with Gasteiger partial charge in [0.1, 0.15) is 11.5 Å². The number of anilines is 1. The second kappa shape index (κ2) is 9.19. The molecule has 1 N–H and O–H groups in total. The Bertz CT molecular complexity index is 1150. The molecule has 3 amide bonds. The van der Waals surface area contributed by atoms with Crippen molar-refractivity contribution in [2.75, 3.05) is 26.1 Å². The van der Waals surface area contributed by atoms with Gasteiger partial charge in [-0.15, -0.1) is 11.3 Å². The van der Waals surface area contributed by atoms with E-state index in [1.54, 1.807) is 50.6 Å². The average Bonchev–Trinajstić information content (AvgIpc) is 3.37. The van der Waals surface area contributed by atoms with Crippen molar-refractivity contribution in [3.8, 4) is 22.8 Å². The number of methoxy groups -OCH3 is 2. The van der Waals surface area contributed by atoms with Crippen LogP contribution in [0.4, 0.5) is 5.13 Å². The molecule has 4 rings (SSSR count). The lowest BCUT2D eigenvalue weighted by Crippen LogP contribution is -2.31. The molecule has 0 saturated carbocycles. The van der Waals surface area contributed by atoms with E-state index in [0.717, 1.165) is 5.56 Å². The third-order valence-electron chi connectivity index (χ3n) is 5.10. The van der Waals surface area contributed by atoms with Crippen molar-refractivity contribution in [2.45, 2.75) is 12.8 Å². The second-order valence-electron chi connectivity index (χ2n) is 7.06. The number of carbonyl (C=O) groups is 3. The van der Waals surface area contributed by atoms with Gasteiger partial charge in [0.25, 0.3) is 11.8 Å². The van der Waals surface area contributed by atoms with Gasteiger partial charge in [0.15, 0.2) is 5.13 Å². The van der Waals surface area contributed by atoms with E-state index in [0.29, 0.717) is 39.9 Å². The lowest BCUT2D eigenvalue weighted by molar-refractivity contribution is -0.116. The number of ether oxygens (including phenoxy) is 2. The van der Waals surface area contributed by atoms with Crippen molar-refractivity contribution in [1.29, 1.82) is 0 Å². The smallest absolute Gasteiger partial charge is 0.261 e. The monoisotopic (exact) mass is 451 g/mol. The van der Waals surface area contributed by atoms with Crippen LogP contribution >= 0.6 is 11.3 Å². The molecule has 0 fully saturated rings. The molecule has 0 bridgehead atoms. The zero-order chi connectivity index (χ0) is 22.7. The highest BCUT2D eigenvalue weighted by Gasteiger charge is 2.34. The molecule has 0 atom stereocenters. The third-order valence-corrected chi connectivity index (χ3v) is 5.85. The summed E-state index contributed by atoms with van der Waals surface area (Å²) in [6.45, 7) is 0.184. The zero-order valence-electron chi connectivity index (χ0n) is 17.6. The van der Waals surface area contributed by atoms with Gasteiger partial charge in [0.2, 0.25) is 5.91 Å². The molecular formula is C23H21N3O5S. The molecule has 1 aliphatic heterocycles. The minimum absolute atomic E-state index is 0.158. The number of hydrogen-bond acceptors (Lipinski definition) is 7. The highest BCUT2D eigenvalue weighted by atomic mass is 32.1. The fourth-order valence-electron chi connectivity index (χ4n) is 3.49. The number of rotatable bonds is 8. The number of benzene rings is 2. The predicted octanol–water partition coefficient (Wildman–Crippen LogP) is 3.84. The van der Waals surface area contributed by atoms with E-state index in [9.17, 15) is 14.4 Å². The minimum Gasteiger partial charge on any atom is -0.497 e. The highest BCUT2D eigenvalue weighted by molar-refractivity contribution is 7.14. The normalized spacial score (nSPS) is 12.6. The maximum Gasteiger partial charge on any atom is 0.261 e. The first-order valence-corrected chi connectivity index (χ1v) is 10.8. The first kappa shape index (κ1) is 21.5. The molecule has 1 aromatic heterocycles. The standard InChI is InChI=1S/C23H21N3O5S/c1-30-14-9-10-19(31-2)17(12-14)18-13-32-23(24-18)25-20(27)8-5-11-26-21(28)15-6-3-4-7-16(15)22(26)29/h3-4,6-7,9-10,12-13H,5,8,11H2,1-2H3,(H,24,25,27). The summed E-state index contributed by atoms with van der Waals surface area (Å²) in [6, 6.07) is 12.1. The zero-order valence-corrected chi connectivity index (χ0v) is 18.4. The Morgan fingerprint density at radius 3 is 2.41 bits per heavy atom. The van der Waals surface area contributed by atoms with E-state index in [1.807, 2.05) is 11.4 Å². The summed E-state index contributed by atoms with van der Waals surface area (Å²) < 4.78 is 10.7. The molecule has 32 heavy (non-hydrogen) atoms. The van der Waals surface area contributed by atoms with Crippen LogP contribution in [0.3, 0.4) is 0 Å². The topological polar surface area (TPSA) is 97.8 Å². The summed E-state index contributed by atoms with van der Waals surface area (Å²) >= 11 is 1.30. The highest BCUT2D eigenvalue weighted by Crippen LogP contribution is 2.35. The number of carbonyl (C=O) groups excluding carboxylic acids is 3. The van der Waals surface area contributed by atoms with Gasteiger partial charge in [0.05, 0.1) is 31.0 Å². The third kappa shape index (κ3) is 4.19. The number of nitrogens with zero attached hydrogens (tertiary/aromatic N) is 2. The number of nitrogens with one attached hydrogen (secondary N) is 1. The van der Waals surface area contributed by atoms with Crippen molar-refractivity contribution < 1.29 is 23.9 Å². The van der Waals surface area contributed by atoms with Gasteiger partial charge in [-0.2, -0.15) is 0 Å². The molecule has 8 nitrogen and oxygen atoms in total. The molecule has 0 aliphatic carbocycles. The summed E-state index contributed by atoms with van der Waals surface area (Å²) in [6.07, 6.45) is 0.518. The van der Waals surface area contributed by atoms with Crippen LogP contribution in [-0.2, 0) is 4.79 Å². The minimum atomic E-state index is -0.317. The number of imide groups is 1. The second-order valence-corrected chi connectivity index (χ2v) is 7.92. The van der Waals surface area contributed by atoms with E-state index < -0.39 is 0 Å². The summed E-state index contributed by atoms with van der Waals surface area (Å²) in [5.74, 6) is 0.452. The van der Waals surface area contributed by atoms with Crippen LogP contribution in [0.25, 0.3) is 11.3 Å². The Morgan fingerprint density at radius 1 is 1.03 bits per heavy atom. The van der Waals surface area contributed by atoms with Crippen molar-refractivity contribution in [2.24, 2.45) is 0 Å². The Hall–Kier alpha value is -3.72. The van der Waals surface area contributed by atoms with Crippen LogP contribution in [-0.4, -0.2) is 48.4 Å². The van der Waals surface area contributed by atoms with E-state index >= 15 is 0 Å². The maximum atomic E-state index is 12.4. The SMILES string of the molecule is COc1ccc(OC)c(-c2csc(NC(=O)CCCN3C(=O)c4ccccc4C3=O)n2)c1. The summed E-state index contributed by atoms with van der Waals surface area (Å²) in [4.78, 5) is 42.8. The van der Waals surface area contributed by atoms with Gasteiger partial charge in [-0.25, -0.2) is 4.98 Å². The molecule has 2 heterocycles. The Labute approximate surface area is 188 Å². The van der Waals surface area contributed by atoms with Crippen LogP contribution in [0, 0.1) is 0 Å². The van der Waals surface area contributed by atoms with Gasteiger partial charge in [-0.3, -0.25) is 19.3 Å². The first-order chi connectivity index (χ1) is 15.5. The molecular weight excluding hydrogens is 430 g/mol. The quantitative estimate of drug-likeness (QED) is 0.523. The van der Waals surface area contributed by atoms with Gasteiger partial charge < -0.3 is 14.8 Å². The molecule has 0 saturated heterocycles. The predicted molar refractivity (Wildman–Crippen MR) is 120 cm³/mol. The summed E-state index contributed by atoms with van der Waals surface area (Å²) in [7, 11) is 3.16. The van der Waals surface area contributed by atoms with Crippen molar-refractivity contribution in [3.05, 3.63) is 59.0 Å². The van der Waals surface area contributed by atoms with E-state index in [2.05, 4.69) is 10.3 Å². The van der Waals surface area contributed by atoms with Crippen LogP contribution in [0.15, 0.2) is 47.8 Å². The van der Waals surface area contributed by atoms with Crippen LogP contribution in [0.5, 0.6) is 11.5 Å². The van der Waals surface area contributed by atoms with E-state index in [4.69, 9.17) is 9.47 Å². The van der Waals surface area contributed by atoms with Gasteiger partial charge in [0, 0.05) is 23.9 Å². The average molecular weight is 452 g/mol. The number of thiazole rings is 1. The number of hydrogen-bond donors (Lipinski definition) is 1. The molecule has 1 aliphatic rings. The van der Waals surface area contributed by atoms with Crippen LogP contribution in [0.2, 0.25) is 0 Å².